The quantitative estimate of drug-likeness (QED) is 0.416. The zero-order chi connectivity index (χ0) is 22.1. The van der Waals surface area contributed by atoms with Gasteiger partial charge in [0.2, 0.25) is 11.7 Å². The number of fused-ring (bicyclic) bond motifs is 3. The lowest BCUT2D eigenvalue weighted by Crippen LogP contribution is -2.20. The number of amides is 1. The zero-order valence-corrected chi connectivity index (χ0v) is 18.0. The van der Waals surface area contributed by atoms with Gasteiger partial charge in [-0.25, -0.2) is 9.38 Å². The Bertz CT molecular complexity index is 1510. The zero-order valence-electron chi connectivity index (χ0n) is 17.2. The first kappa shape index (κ1) is 20.0. The van der Waals surface area contributed by atoms with Crippen LogP contribution in [0.25, 0.3) is 28.1 Å². The highest BCUT2D eigenvalue weighted by molar-refractivity contribution is 7.98. The second kappa shape index (κ2) is 8.32. The number of hydrogen-bond donors (Lipinski definition) is 1. The lowest BCUT2D eigenvalue weighted by molar-refractivity contribution is -0.116. The van der Waals surface area contributed by atoms with Crippen LogP contribution >= 0.6 is 11.8 Å². The van der Waals surface area contributed by atoms with Gasteiger partial charge in [0.25, 0.3) is 5.56 Å². The van der Waals surface area contributed by atoms with E-state index in [2.05, 4.69) is 10.3 Å². The maximum absolute atomic E-state index is 13.0. The summed E-state index contributed by atoms with van der Waals surface area (Å²) < 4.78 is 3.32. The van der Waals surface area contributed by atoms with Crippen LogP contribution in [-0.4, -0.2) is 31.1 Å². The van der Waals surface area contributed by atoms with Crippen LogP contribution in [0.2, 0.25) is 0 Å². The molecule has 32 heavy (non-hydrogen) atoms. The molecule has 0 aliphatic rings. The standard InChI is InChI=1S/C24H19N5O2S/c1-32-18-6-4-5-17(13-18)26-22(30)15-28-20-7-2-3-8-21(20)29-23(31)14-19(27-24(28)29)16-9-11-25-12-10-16/h2-14H,15H2,1H3,(H,26,30). The molecular formula is C24H19N5O2S. The summed E-state index contributed by atoms with van der Waals surface area (Å²) in [4.78, 5) is 35.8. The van der Waals surface area contributed by atoms with Crippen molar-refractivity contribution in [2.24, 2.45) is 0 Å². The van der Waals surface area contributed by atoms with Crippen molar-refractivity contribution >= 4 is 40.2 Å². The molecular weight excluding hydrogens is 422 g/mol. The van der Waals surface area contributed by atoms with Crippen molar-refractivity contribution in [2.75, 3.05) is 11.6 Å². The Hall–Kier alpha value is -3.91. The minimum Gasteiger partial charge on any atom is -0.324 e. The first-order valence-corrected chi connectivity index (χ1v) is 11.2. The number of thioether (sulfide) groups is 1. The number of aromatic nitrogens is 4. The summed E-state index contributed by atoms with van der Waals surface area (Å²) in [7, 11) is 0. The summed E-state index contributed by atoms with van der Waals surface area (Å²) in [6.07, 6.45) is 5.30. The Kier molecular flexibility index (Phi) is 5.20. The van der Waals surface area contributed by atoms with Gasteiger partial charge in [0, 0.05) is 34.6 Å². The van der Waals surface area contributed by atoms with Crippen molar-refractivity contribution in [1.29, 1.82) is 0 Å². The molecule has 1 N–H and O–H groups in total. The van der Waals surface area contributed by atoms with Gasteiger partial charge in [0.1, 0.15) is 6.54 Å². The monoisotopic (exact) mass is 441 g/mol. The Morgan fingerprint density at radius 1 is 1.00 bits per heavy atom. The number of benzene rings is 2. The lowest BCUT2D eigenvalue weighted by atomic mass is 10.2. The Morgan fingerprint density at radius 3 is 2.56 bits per heavy atom. The molecule has 3 aromatic heterocycles. The molecule has 0 aliphatic heterocycles. The molecule has 3 heterocycles. The highest BCUT2D eigenvalue weighted by atomic mass is 32.2. The number of hydrogen-bond acceptors (Lipinski definition) is 5. The lowest BCUT2D eigenvalue weighted by Gasteiger charge is -2.09. The number of carbonyl (C=O) groups excluding carboxylic acids is 1. The summed E-state index contributed by atoms with van der Waals surface area (Å²) in [5.41, 5.74) is 3.31. The molecule has 0 fully saturated rings. The third-order valence-corrected chi connectivity index (χ3v) is 5.91. The summed E-state index contributed by atoms with van der Waals surface area (Å²) in [6.45, 7) is 0.0206. The fourth-order valence-corrected chi connectivity index (χ4v) is 4.20. The van der Waals surface area contributed by atoms with E-state index in [0.29, 0.717) is 17.0 Å². The van der Waals surface area contributed by atoms with Crippen LogP contribution < -0.4 is 10.9 Å². The molecule has 0 saturated carbocycles. The van der Waals surface area contributed by atoms with Crippen LogP contribution in [0.4, 0.5) is 5.69 Å². The van der Waals surface area contributed by atoms with Gasteiger partial charge in [0.05, 0.1) is 16.7 Å². The van der Waals surface area contributed by atoms with Crippen molar-refractivity contribution in [3.8, 4) is 11.3 Å². The predicted octanol–water partition coefficient (Wildman–Crippen LogP) is 4.07. The predicted molar refractivity (Wildman–Crippen MR) is 127 cm³/mol. The number of anilines is 1. The average molecular weight is 442 g/mol. The number of nitrogens with one attached hydrogen (secondary N) is 1. The molecule has 0 radical (unpaired) electrons. The van der Waals surface area contributed by atoms with Crippen LogP contribution in [0.1, 0.15) is 0 Å². The Labute approximate surface area is 187 Å². The van der Waals surface area contributed by atoms with Crippen molar-refractivity contribution in [3.63, 3.8) is 0 Å². The van der Waals surface area contributed by atoms with Crippen LogP contribution in [0, 0.1) is 0 Å². The van der Waals surface area contributed by atoms with E-state index in [0.717, 1.165) is 21.7 Å². The molecule has 0 bridgehead atoms. The SMILES string of the molecule is CSc1cccc(NC(=O)Cn2c3ccccc3n3c(=O)cc(-c4ccncc4)nc23)c1. The van der Waals surface area contributed by atoms with E-state index in [1.165, 1.54) is 6.07 Å². The van der Waals surface area contributed by atoms with Crippen molar-refractivity contribution in [1.82, 2.24) is 18.9 Å². The third-order valence-electron chi connectivity index (χ3n) is 5.19. The van der Waals surface area contributed by atoms with Crippen molar-refractivity contribution in [2.45, 2.75) is 11.4 Å². The molecule has 5 rings (SSSR count). The molecule has 2 aromatic carbocycles. The molecule has 7 nitrogen and oxygen atoms in total. The molecule has 0 atom stereocenters. The molecule has 0 unspecified atom stereocenters. The molecule has 0 aliphatic carbocycles. The summed E-state index contributed by atoms with van der Waals surface area (Å²) in [5, 5.41) is 2.95. The minimum atomic E-state index is -0.204. The number of carbonyl (C=O) groups is 1. The van der Waals surface area contributed by atoms with E-state index in [4.69, 9.17) is 4.98 Å². The maximum Gasteiger partial charge on any atom is 0.260 e. The van der Waals surface area contributed by atoms with Gasteiger partial charge in [-0.1, -0.05) is 18.2 Å². The van der Waals surface area contributed by atoms with E-state index in [1.54, 1.807) is 45.3 Å². The van der Waals surface area contributed by atoms with Gasteiger partial charge >= 0.3 is 0 Å². The van der Waals surface area contributed by atoms with Gasteiger partial charge < -0.3 is 9.88 Å². The van der Waals surface area contributed by atoms with E-state index >= 15 is 0 Å². The number of pyridine rings is 1. The smallest absolute Gasteiger partial charge is 0.260 e. The van der Waals surface area contributed by atoms with Gasteiger partial charge in [-0.15, -0.1) is 11.8 Å². The van der Waals surface area contributed by atoms with Crippen molar-refractivity contribution < 1.29 is 4.79 Å². The fourth-order valence-electron chi connectivity index (χ4n) is 3.74. The van der Waals surface area contributed by atoms with E-state index in [1.807, 2.05) is 54.8 Å². The first-order valence-electron chi connectivity index (χ1n) is 9.99. The number of imidazole rings is 1. The third kappa shape index (κ3) is 3.65. The normalized spacial score (nSPS) is 11.2. The highest BCUT2D eigenvalue weighted by Gasteiger charge is 2.17. The van der Waals surface area contributed by atoms with E-state index < -0.39 is 0 Å². The van der Waals surface area contributed by atoms with Crippen LogP contribution in [-0.2, 0) is 11.3 Å². The highest BCUT2D eigenvalue weighted by Crippen LogP contribution is 2.22. The van der Waals surface area contributed by atoms with Crippen LogP contribution in [0.15, 0.2) is 88.8 Å². The summed E-state index contributed by atoms with van der Waals surface area (Å²) in [6, 6.07) is 20.3. The first-order chi connectivity index (χ1) is 15.6. The van der Waals surface area contributed by atoms with Gasteiger partial charge in [-0.2, -0.15) is 0 Å². The van der Waals surface area contributed by atoms with Crippen molar-refractivity contribution in [3.05, 3.63) is 89.5 Å². The van der Waals surface area contributed by atoms with Crippen LogP contribution in [0.3, 0.4) is 0 Å². The topological polar surface area (TPSA) is 81.3 Å². The number of rotatable bonds is 5. The van der Waals surface area contributed by atoms with E-state index in [-0.39, 0.29) is 18.0 Å². The fraction of sp³-hybridized carbons (Fsp3) is 0.0833. The number of para-hydroxylation sites is 2. The molecule has 5 aromatic rings. The van der Waals surface area contributed by atoms with Crippen LogP contribution in [0.5, 0.6) is 0 Å². The van der Waals surface area contributed by atoms with Gasteiger partial charge in [-0.05, 0) is 48.7 Å². The molecule has 158 valence electrons. The molecule has 1 amide bonds. The summed E-state index contributed by atoms with van der Waals surface area (Å²) in [5.74, 6) is 0.216. The molecule has 8 heteroatoms. The average Bonchev–Trinajstić information content (AvgIpc) is 3.13. The molecule has 0 spiro atoms. The van der Waals surface area contributed by atoms with Gasteiger partial charge in [0.15, 0.2) is 0 Å². The largest absolute Gasteiger partial charge is 0.324 e. The maximum atomic E-state index is 13.0. The number of nitrogens with zero attached hydrogens (tertiary/aromatic N) is 4. The Balaban J connectivity index is 1.61. The van der Waals surface area contributed by atoms with E-state index in [9.17, 15) is 9.59 Å². The second-order valence-corrected chi connectivity index (χ2v) is 8.09. The van der Waals surface area contributed by atoms with Gasteiger partial charge in [-0.3, -0.25) is 14.6 Å². The Morgan fingerprint density at radius 2 is 1.78 bits per heavy atom. The second-order valence-electron chi connectivity index (χ2n) is 7.21. The summed E-state index contributed by atoms with van der Waals surface area (Å²) >= 11 is 1.61. The minimum absolute atomic E-state index is 0.0206. The molecule has 0 saturated heterocycles.